The number of hydrogen-bond donors (Lipinski definition) is 2. The predicted octanol–water partition coefficient (Wildman–Crippen LogP) is -1.12. The van der Waals surface area contributed by atoms with Crippen molar-refractivity contribution in [3.8, 4) is 0 Å². The van der Waals surface area contributed by atoms with E-state index in [1.807, 2.05) is 0 Å². The molecule has 7 heteroatoms. The van der Waals surface area contributed by atoms with Crippen LogP contribution in [0.5, 0.6) is 0 Å². The van der Waals surface area contributed by atoms with Crippen LogP contribution in [0.3, 0.4) is 0 Å². The summed E-state index contributed by atoms with van der Waals surface area (Å²) in [5.41, 5.74) is 0.158. The van der Waals surface area contributed by atoms with E-state index in [9.17, 15) is 10.1 Å². The van der Waals surface area contributed by atoms with Crippen LogP contribution in [0.2, 0.25) is 0 Å². The molecule has 1 heterocycles. The Balaban J connectivity index is 3.29. The van der Waals surface area contributed by atoms with Crippen LogP contribution in [0.25, 0.3) is 0 Å². The summed E-state index contributed by atoms with van der Waals surface area (Å²) >= 11 is 0. The van der Waals surface area contributed by atoms with Gasteiger partial charge in [-0.2, -0.15) is 5.10 Å². The Kier molecular flexibility index (Phi) is 1.95. The molecule has 64 valence electrons. The number of aromatic nitrogens is 1. The van der Waals surface area contributed by atoms with Crippen LogP contribution in [0.1, 0.15) is 0 Å². The molecule has 4 N–H and O–H groups in total. The lowest BCUT2D eigenvalue weighted by Crippen LogP contribution is -2.28. The largest absolute Gasteiger partial charge is 0.337 e. The first-order valence-corrected chi connectivity index (χ1v) is 3.01. The Morgan fingerprint density at radius 1 is 1.58 bits per heavy atom. The van der Waals surface area contributed by atoms with Crippen LogP contribution in [0, 0.1) is 10.1 Å². The second-order valence-corrected chi connectivity index (χ2v) is 2.04. The quantitative estimate of drug-likeness (QED) is 0.315. The smallest absolute Gasteiger partial charge is 0.287 e. The fraction of sp³-hybridized carbons (Fsp3) is 0. The molecule has 0 aromatic carbocycles. The maximum Gasteiger partial charge on any atom is 0.287 e. The Morgan fingerprint density at radius 3 is 2.67 bits per heavy atom. The SMILES string of the molecule is N/N=c1/ccc([N+](=O)[O-])cn1N. The van der Waals surface area contributed by atoms with E-state index in [4.69, 9.17) is 11.7 Å². The molecule has 1 rings (SSSR count). The van der Waals surface area contributed by atoms with Crippen molar-refractivity contribution in [1.29, 1.82) is 0 Å². The number of nitrogen functional groups attached to an aromatic ring is 1. The van der Waals surface area contributed by atoms with E-state index >= 15 is 0 Å². The monoisotopic (exact) mass is 169 g/mol. The van der Waals surface area contributed by atoms with E-state index in [-0.39, 0.29) is 11.2 Å². The van der Waals surface area contributed by atoms with Crippen LogP contribution in [-0.2, 0) is 0 Å². The third kappa shape index (κ3) is 1.34. The lowest BCUT2D eigenvalue weighted by molar-refractivity contribution is -0.385. The van der Waals surface area contributed by atoms with E-state index in [1.54, 1.807) is 0 Å². The van der Waals surface area contributed by atoms with Gasteiger partial charge in [0.15, 0.2) is 5.49 Å². The summed E-state index contributed by atoms with van der Waals surface area (Å²) in [4.78, 5) is 9.68. The standard InChI is InChI=1S/C5H7N5O2/c6-8-5-2-1-4(10(11)12)3-9(5)7/h1-3H,6-7H2/b8-5-. The third-order valence-corrected chi connectivity index (χ3v) is 1.28. The van der Waals surface area contributed by atoms with Crippen LogP contribution in [0.4, 0.5) is 5.69 Å². The molecule has 0 unspecified atom stereocenters. The van der Waals surface area contributed by atoms with Gasteiger partial charge in [0, 0.05) is 6.07 Å². The first kappa shape index (κ1) is 8.05. The molecule has 0 aliphatic heterocycles. The van der Waals surface area contributed by atoms with E-state index in [0.717, 1.165) is 10.9 Å². The number of hydrogen-bond acceptors (Lipinski definition) is 5. The van der Waals surface area contributed by atoms with Gasteiger partial charge in [-0.05, 0) is 6.07 Å². The van der Waals surface area contributed by atoms with Crippen molar-refractivity contribution < 1.29 is 4.92 Å². The minimum atomic E-state index is -0.552. The highest BCUT2D eigenvalue weighted by Gasteiger charge is 2.04. The molecule has 0 saturated carbocycles. The van der Waals surface area contributed by atoms with Gasteiger partial charge in [-0.15, -0.1) is 0 Å². The molecular formula is C5H7N5O2. The van der Waals surface area contributed by atoms with Crippen molar-refractivity contribution in [2.45, 2.75) is 0 Å². The topological polar surface area (TPSA) is 112 Å². The Bertz CT molecular complexity index is 368. The van der Waals surface area contributed by atoms with Crippen molar-refractivity contribution in [2.24, 2.45) is 10.9 Å². The average Bonchev–Trinajstić information content (AvgIpc) is 2.04. The molecule has 0 aliphatic carbocycles. The fourth-order valence-corrected chi connectivity index (χ4v) is 0.715. The molecule has 1 aromatic heterocycles. The Hall–Kier alpha value is -2.05. The summed E-state index contributed by atoms with van der Waals surface area (Å²) < 4.78 is 0.984. The van der Waals surface area contributed by atoms with Gasteiger partial charge in [0.25, 0.3) is 5.69 Å². The molecule has 0 bridgehead atoms. The average molecular weight is 169 g/mol. The van der Waals surface area contributed by atoms with E-state index in [0.29, 0.717) is 0 Å². The maximum absolute atomic E-state index is 10.2. The Labute approximate surface area is 67.0 Å². The molecular weight excluding hydrogens is 162 g/mol. The summed E-state index contributed by atoms with van der Waals surface area (Å²) in [6.07, 6.45) is 1.13. The molecule has 0 aliphatic rings. The highest BCUT2D eigenvalue weighted by atomic mass is 16.6. The number of pyridine rings is 1. The van der Waals surface area contributed by atoms with Crippen molar-refractivity contribution >= 4 is 5.69 Å². The first-order chi connectivity index (χ1) is 5.65. The first-order valence-electron chi connectivity index (χ1n) is 3.01. The van der Waals surface area contributed by atoms with Crippen LogP contribution in [0.15, 0.2) is 23.4 Å². The second-order valence-electron chi connectivity index (χ2n) is 2.04. The minimum absolute atomic E-state index is 0.107. The van der Waals surface area contributed by atoms with Crippen molar-refractivity contribution in [3.63, 3.8) is 0 Å². The summed E-state index contributed by atoms with van der Waals surface area (Å²) in [6, 6.07) is 2.63. The maximum atomic E-state index is 10.2. The second kappa shape index (κ2) is 2.91. The van der Waals surface area contributed by atoms with Crippen LogP contribution < -0.4 is 17.2 Å². The summed E-state index contributed by atoms with van der Waals surface area (Å²) in [5.74, 6) is 10.2. The van der Waals surface area contributed by atoms with Gasteiger partial charge in [-0.3, -0.25) is 10.1 Å². The number of nitrogens with two attached hydrogens (primary N) is 2. The molecule has 7 nitrogen and oxygen atoms in total. The summed E-state index contributed by atoms with van der Waals surface area (Å²) in [5, 5.41) is 13.5. The highest BCUT2D eigenvalue weighted by molar-refractivity contribution is 5.24. The molecule has 0 radical (unpaired) electrons. The summed E-state index contributed by atoms with van der Waals surface area (Å²) in [7, 11) is 0. The molecule has 0 amide bonds. The predicted molar refractivity (Wildman–Crippen MR) is 41.0 cm³/mol. The van der Waals surface area contributed by atoms with Gasteiger partial charge < -0.3 is 11.7 Å². The number of nitro groups is 1. The van der Waals surface area contributed by atoms with E-state index in [2.05, 4.69) is 5.10 Å². The lowest BCUT2D eigenvalue weighted by atomic mass is 10.4. The molecule has 1 aromatic rings. The molecule has 12 heavy (non-hydrogen) atoms. The number of rotatable bonds is 1. The molecule has 0 fully saturated rings. The van der Waals surface area contributed by atoms with E-state index < -0.39 is 4.92 Å². The zero-order chi connectivity index (χ0) is 9.14. The zero-order valence-corrected chi connectivity index (χ0v) is 6.04. The van der Waals surface area contributed by atoms with Gasteiger partial charge in [-0.25, -0.2) is 4.68 Å². The van der Waals surface area contributed by atoms with Crippen LogP contribution in [-0.4, -0.2) is 9.60 Å². The summed E-state index contributed by atoms with van der Waals surface area (Å²) in [6.45, 7) is 0. The van der Waals surface area contributed by atoms with E-state index in [1.165, 1.54) is 12.1 Å². The van der Waals surface area contributed by atoms with Gasteiger partial charge >= 0.3 is 0 Å². The van der Waals surface area contributed by atoms with Gasteiger partial charge in [0.05, 0.1) is 4.92 Å². The molecule has 0 atom stereocenters. The minimum Gasteiger partial charge on any atom is -0.337 e. The lowest BCUT2D eigenvalue weighted by Gasteiger charge is -1.97. The highest BCUT2D eigenvalue weighted by Crippen LogP contribution is 2.04. The van der Waals surface area contributed by atoms with Gasteiger partial charge in [0.2, 0.25) is 0 Å². The third-order valence-electron chi connectivity index (χ3n) is 1.28. The van der Waals surface area contributed by atoms with Crippen molar-refractivity contribution in [1.82, 2.24) is 4.68 Å². The number of nitrogens with zero attached hydrogens (tertiary/aromatic N) is 3. The van der Waals surface area contributed by atoms with Gasteiger partial charge in [0.1, 0.15) is 6.20 Å². The van der Waals surface area contributed by atoms with Crippen LogP contribution >= 0.6 is 0 Å². The molecule has 0 saturated heterocycles. The fourth-order valence-electron chi connectivity index (χ4n) is 0.715. The Morgan fingerprint density at radius 2 is 2.25 bits per heavy atom. The van der Waals surface area contributed by atoms with Gasteiger partial charge in [-0.1, -0.05) is 0 Å². The van der Waals surface area contributed by atoms with Crippen molar-refractivity contribution in [3.05, 3.63) is 33.9 Å². The molecule has 0 spiro atoms. The van der Waals surface area contributed by atoms with Crippen molar-refractivity contribution in [2.75, 3.05) is 5.84 Å². The zero-order valence-electron chi connectivity index (χ0n) is 6.04. The normalized spacial score (nSPS) is 11.5.